The van der Waals surface area contributed by atoms with Gasteiger partial charge in [0, 0.05) is 0 Å². The second kappa shape index (κ2) is 6.53. The van der Waals surface area contributed by atoms with E-state index in [0.29, 0.717) is 0 Å². The lowest BCUT2D eigenvalue weighted by molar-refractivity contribution is 0.460. The quantitative estimate of drug-likeness (QED) is 0.633. The predicted octanol–water partition coefficient (Wildman–Crippen LogP) is 2.90. The van der Waals surface area contributed by atoms with Gasteiger partial charge < -0.3 is 10.2 Å². The first-order valence-corrected chi connectivity index (χ1v) is 4.18. The maximum Gasteiger partial charge on any atom is 0.115 e. The zero-order valence-corrected chi connectivity index (χ0v) is 7.62. The van der Waals surface area contributed by atoms with E-state index in [1.807, 2.05) is 0 Å². The molecule has 0 amide bonds. The molecule has 2 N–H and O–H groups in total. The molecule has 0 aliphatic heterocycles. The molecule has 0 aliphatic carbocycles. The first-order chi connectivity index (χ1) is 5.70. The van der Waals surface area contributed by atoms with E-state index in [1.165, 1.54) is 37.1 Å². The highest BCUT2D eigenvalue weighted by Gasteiger charge is 1.84. The standard InChI is InChI=1S/C6H6O2.C4H10/c7-5-1-2-6(8)4-3-5;1-3-4-2/h1-4,7-8H;3-4H2,1-2H3. The molecule has 0 radical (unpaired) electrons. The van der Waals surface area contributed by atoms with Gasteiger partial charge in [0.2, 0.25) is 0 Å². The fraction of sp³-hybridized carbons (Fsp3) is 0.400. The third-order valence-corrected chi connectivity index (χ3v) is 1.35. The molecule has 0 atom stereocenters. The van der Waals surface area contributed by atoms with Gasteiger partial charge in [-0.15, -0.1) is 0 Å². The second-order valence-electron chi connectivity index (χ2n) is 2.52. The summed E-state index contributed by atoms with van der Waals surface area (Å²) in [6.45, 7) is 4.36. The normalized spacial score (nSPS) is 8.50. The molecule has 0 fully saturated rings. The Kier molecular flexibility index (Phi) is 5.88. The van der Waals surface area contributed by atoms with Gasteiger partial charge in [-0.2, -0.15) is 0 Å². The van der Waals surface area contributed by atoms with Crippen molar-refractivity contribution in [2.24, 2.45) is 0 Å². The van der Waals surface area contributed by atoms with Crippen LogP contribution in [0.4, 0.5) is 0 Å². The van der Waals surface area contributed by atoms with E-state index in [1.54, 1.807) is 0 Å². The first kappa shape index (κ1) is 10.8. The Bertz CT molecular complexity index is 168. The van der Waals surface area contributed by atoms with Gasteiger partial charge in [-0.3, -0.25) is 0 Å². The average Bonchev–Trinajstić information content (AvgIpc) is 2.11. The summed E-state index contributed by atoms with van der Waals surface area (Å²) in [4.78, 5) is 0. The molecular formula is C10H16O2. The van der Waals surface area contributed by atoms with Crippen molar-refractivity contribution in [2.45, 2.75) is 26.7 Å². The Morgan fingerprint density at radius 2 is 1.08 bits per heavy atom. The van der Waals surface area contributed by atoms with Crippen LogP contribution in [0.25, 0.3) is 0 Å². The van der Waals surface area contributed by atoms with Crippen LogP contribution in [0.1, 0.15) is 26.7 Å². The molecule has 1 aromatic carbocycles. The Labute approximate surface area is 73.5 Å². The minimum Gasteiger partial charge on any atom is -0.508 e. The molecule has 2 heteroatoms. The van der Waals surface area contributed by atoms with Crippen molar-refractivity contribution >= 4 is 0 Å². The lowest BCUT2D eigenvalue weighted by Crippen LogP contribution is -1.61. The van der Waals surface area contributed by atoms with E-state index in [4.69, 9.17) is 10.2 Å². The number of aromatic hydroxyl groups is 2. The van der Waals surface area contributed by atoms with Crippen LogP contribution in [0.15, 0.2) is 24.3 Å². The summed E-state index contributed by atoms with van der Waals surface area (Å²) < 4.78 is 0. The minimum absolute atomic E-state index is 0.169. The van der Waals surface area contributed by atoms with Crippen molar-refractivity contribution in [3.05, 3.63) is 24.3 Å². The number of phenolic OH excluding ortho intramolecular Hbond substituents is 2. The molecule has 1 rings (SSSR count). The van der Waals surface area contributed by atoms with Crippen LogP contribution in [-0.2, 0) is 0 Å². The number of phenols is 2. The smallest absolute Gasteiger partial charge is 0.115 e. The number of benzene rings is 1. The Morgan fingerprint density at radius 1 is 0.833 bits per heavy atom. The summed E-state index contributed by atoms with van der Waals surface area (Å²) in [5, 5.41) is 17.3. The first-order valence-electron chi connectivity index (χ1n) is 4.18. The Hall–Kier alpha value is -1.18. The molecule has 0 spiro atoms. The predicted molar refractivity (Wildman–Crippen MR) is 50.4 cm³/mol. The molecule has 1 aromatic rings. The van der Waals surface area contributed by atoms with Crippen molar-refractivity contribution in [1.29, 1.82) is 0 Å². The van der Waals surface area contributed by atoms with Crippen LogP contribution in [0, 0.1) is 0 Å². The van der Waals surface area contributed by atoms with Gasteiger partial charge >= 0.3 is 0 Å². The highest BCUT2D eigenvalue weighted by Crippen LogP contribution is 2.13. The summed E-state index contributed by atoms with van der Waals surface area (Å²) in [5.41, 5.74) is 0. The molecule has 68 valence electrons. The molecular weight excluding hydrogens is 152 g/mol. The van der Waals surface area contributed by atoms with E-state index in [9.17, 15) is 0 Å². The fourth-order valence-corrected chi connectivity index (χ4v) is 0.453. The van der Waals surface area contributed by atoms with Gasteiger partial charge in [0.25, 0.3) is 0 Å². The maximum atomic E-state index is 8.65. The Balaban J connectivity index is 0.000000261. The molecule has 0 aliphatic rings. The van der Waals surface area contributed by atoms with Crippen LogP contribution in [0.5, 0.6) is 11.5 Å². The molecule has 0 saturated heterocycles. The zero-order chi connectivity index (χ0) is 9.40. The van der Waals surface area contributed by atoms with E-state index >= 15 is 0 Å². The fourth-order valence-electron chi connectivity index (χ4n) is 0.453. The van der Waals surface area contributed by atoms with Crippen LogP contribution in [0.2, 0.25) is 0 Å². The second-order valence-corrected chi connectivity index (χ2v) is 2.52. The highest BCUT2D eigenvalue weighted by molar-refractivity contribution is 5.28. The number of hydrogen-bond acceptors (Lipinski definition) is 2. The van der Waals surface area contributed by atoms with Gasteiger partial charge in [-0.25, -0.2) is 0 Å². The lowest BCUT2D eigenvalue weighted by atomic mass is 10.3. The van der Waals surface area contributed by atoms with Gasteiger partial charge in [0.1, 0.15) is 11.5 Å². The molecule has 0 aromatic heterocycles. The van der Waals surface area contributed by atoms with Crippen LogP contribution < -0.4 is 0 Å². The third-order valence-electron chi connectivity index (χ3n) is 1.35. The highest BCUT2D eigenvalue weighted by atomic mass is 16.3. The molecule has 12 heavy (non-hydrogen) atoms. The Morgan fingerprint density at radius 3 is 1.25 bits per heavy atom. The van der Waals surface area contributed by atoms with Gasteiger partial charge in [0.05, 0.1) is 0 Å². The van der Waals surface area contributed by atoms with Crippen molar-refractivity contribution in [2.75, 3.05) is 0 Å². The summed E-state index contributed by atoms with van der Waals surface area (Å²) in [7, 11) is 0. The summed E-state index contributed by atoms with van der Waals surface area (Å²) in [6, 6.07) is 5.70. The van der Waals surface area contributed by atoms with Gasteiger partial charge in [-0.1, -0.05) is 26.7 Å². The van der Waals surface area contributed by atoms with Gasteiger partial charge in [-0.05, 0) is 24.3 Å². The van der Waals surface area contributed by atoms with E-state index in [0.717, 1.165) is 0 Å². The molecule has 0 bridgehead atoms. The summed E-state index contributed by atoms with van der Waals surface area (Å²) in [6.07, 6.45) is 2.64. The minimum atomic E-state index is 0.169. The van der Waals surface area contributed by atoms with Gasteiger partial charge in [0.15, 0.2) is 0 Å². The summed E-state index contributed by atoms with van der Waals surface area (Å²) in [5.74, 6) is 0.339. The number of rotatable bonds is 1. The number of hydrogen-bond donors (Lipinski definition) is 2. The largest absolute Gasteiger partial charge is 0.508 e. The average molecular weight is 168 g/mol. The zero-order valence-electron chi connectivity index (χ0n) is 7.62. The van der Waals surface area contributed by atoms with Crippen molar-refractivity contribution in [1.82, 2.24) is 0 Å². The van der Waals surface area contributed by atoms with E-state index < -0.39 is 0 Å². The molecule has 0 saturated carbocycles. The molecule has 2 nitrogen and oxygen atoms in total. The summed E-state index contributed by atoms with van der Waals surface area (Å²) >= 11 is 0. The van der Waals surface area contributed by atoms with Crippen LogP contribution in [-0.4, -0.2) is 10.2 Å². The van der Waals surface area contributed by atoms with Crippen molar-refractivity contribution < 1.29 is 10.2 Å². The SMILES string of the molecule is CCCC.Oc1ccc(O)cc1. The van der Waals surface area contributed by atoms with Crippen LogP contribution >= 0.6 is 0 Å². The maximum absolute atomic E-state index is 8.65. The topological polar surface area (TPSA) is 40.5 Å². The molecule has 0 heterocycles. The van der Waals surface area contributed by atoms with E-state index in [-0.39, 0.29) is 11.5 Å². The lowest BCUT2D eigenvalue weighted by Gasteiger charge is -1.88. The third kappa shape index (κ3) is 5.59. The number of unbranched alkanes of at least 4 members (excludes halogenated alkanes) is 1. The van der Waals surface area contributed by atoms with Crippen LogP contribution in [0.3, 0.4) is 0 Å². The van der Waals surface area contributed by atoms with E-state index in [2.05, 4.69) is 13.8 Å². The monoisotopic (exact) mass is 168 g/mol. The molecule has 0 unspecified atom stereocenters. The van der Waals surface area contributed by atoms with Crippen molar-refractivity contribution in [3.63, 3.8) is 0 Å². The van der Waals surface area contributed by atoms with Crippen molar-refractivity contribution in [3.8, 4) is 11.5 Å².